The Bertz CT molecular complexity index is 1160. The Hall–Kier alpha value is -3.35. The summed E-state index contributed by atoms with van der Waals surface area (Å²) in [5.41, 5.74) is -0.266. The van der Waals surface area contributed by atoms with Crippen molar-refractivity contribution in [3.8, 4) is 5.75 Å². The van der Waals surface area contributed by atoms with E-state index in [4.69, 9.17) is 13.9 Å². The largest absolute Gasteiger partial charge is 0.444 e. The molecule has 0 bridgehead atoms. The maximum Gasteiger partial charge on any atom is 0.408 e. The van der Waals surface area contributed by atoms with Crippen LogP contribution >= 0.6 is 0 Å². The van der Waals surface area contributed by atoms with E-state index >= 15 is 0 Å². The topological polar surface area (TPSA) is 94.8 Å². The van der Waals surface area contributed by atoms with Gasteiger partial charge in [-0.1, -0.05) is 18.2 Å². The fourth-order valence-electron chi connectivity index (χ4n) is 2.91. The van der Waals surface area contributed by atoms with Gasteiger partial charge >= 0.3 is 17.7 Å². The van der Waals surface area contributed by atoms with Gasteiger partial charge in [0.1, 0.15) is 23.0 Å². The second kappa shape index (κ2) is 7.58. The maximum absolute atomic E-state index is 12.4. The van der Waals surface area contributed by atoms with Crippen LogP contribution < -0.4 is 15.7 Å². The number of carbonyl (C=O) groups excluding carboxylic acids is 2. The number of hydrogen-bond acceptors (Lipinski definition) is 6. The van der Waals surface area contributed by atoms with E-state index in [1.165, 1.54) is 6.92 Å². The summed E-state index contributed by atoms with van der Waals surface area (Å²) < 4.78 is 16.0. The zero-order chi connectivity index (χ0) is 21.3. The maximum atomic E-state index is 12.4. The second-order valence-electron chi connectivity index (χ2n) is 7.79. The fraction of sp³-hybridized carbons (Fsp3) is 0.318. The average molecular weight is 397 g/mol. The number of rotatable bonds is 3. The Balaban J connectivity index is 1.86. The smallest absolute Gasteiger partial charge is 0.408 e. The number of ether oxygens (including phenoxy) is 2. The predicted octanol–water partition coefficient (Wildman–Crippen LogP) is 4.07. The van der Waals surface area contributed by atoms with Crippen molar-refractivity contribution < 1.29 is 23.5 Å². The molecule has 1 amide bonds. The zero-order valence-corrected chi connectivity index (χ0v) is 17.0. The molecule has 1 N–H and O–H groups in total. The molecule has 1 unspecified atom stereocenters. The standard InChI is InChI=1S/C22H23NO6/c1-12-17(27-19(24)13(2)23-21(26)29-22(3,4)5)11-10-15-14-8-6-7-9-16(14)20(25)28-18(12)15/h6-11,13H,1-5H3,(H,23,26). The van der Waals surface area contributed by atoms with E-state index in [1.807, 2.05) is 12.1 Å². The van der Waals surface area contributed by atoms with Gasteiger partial charge in [-0.15, -0.1) is 0 Å². The molecule has 1 atom stereocenters. The molecule has 3 aromatic rings. The number of carbonyl (C=O) groups is 2. The number of nitrogens with one attached hydrogen (secondary N) is 1. The molecule has 152 valence electrons. The minimum atomic E-state index is -0.927. The van der Waals surface area contributed by atoms with Crippen LogP contribution in [0.1, 0.15) is 33.3 Å². The molecule has 1 aromatic heterocycles. The highest BCUT2D eigenvalue weighted by atomic mass is 16.6. The SMILES string of the molecule is Cc1c(OC(=O)C(C)NC(=O)OC(C)(C)C)ccc2c1oc(=O)c1ccccc12. The molecule has 0 aliphatic carbocycles. The van der Waals surface area contributed by atoms with Gasteiger partial charge in [-0.05, 0) is 58.2 Å². The summed E-state index contributed by atoms with van der Waals surface area (Å²) in [6, 6.07) is 9.61. The van der Waals surface area contributed by atoms with Crippen molar-refractivity contribution in [2.24, 2.45) is 0 Å². The summed E-state index contributed by atoms with van der Waals surface area (Å²) in [6.45, 7) is 8.38. The third kappa shape index (κ3) is 4.39. The van der Waals surface area contributed by atoms with Crippen molar-refractivity contribution in [2.45, 2.75) is 46.3 Å². The highest BCUT2D eigenvalue weighted by molar-refractivity contribution is 6.05. The molecule has 0 radical (unpaired) electrons. The zero-order valence-electron chi connectivity index (χ0n) is 17.0. The van der Waals surface area contributed by atoms with Crippen LogP contribution in [0.3, 0.4) is 0 Å². The second-order valence-corrected chi connectivity index (χ2v) is 7.79. The molecule has 0 spiro atoms. The molecule has 0 fully saturated rings. The molecule has 0 aliphatic heterocycles. The van der Waals surface area contributed by atoms with E-state index in [0.29, 0.717) is 16.5 Å². The average Bonchev–Trinajstić information content (AvgIpc) is 2.63. The van der Waals surface area contributed by atoms with Gasteiger partial charge in [0.05, 0.1) is 5.39 Å². The number of alkyl carbamates (subject to hydrolysis) is 1. The Morgan fingerprint density at radius 2 is 1.69 bits per heavy atom. The number of fused-ring (bicyclic) bond motifs is 3. The first-order valence-corrected chi connectivity index (χ1v) is 9.23. The Labute approximate surface area is 167 Å². The Morgan fingerprint density at radius 3 is 2.34 bits per heavy atom. The van der Waals surface area contributed by atoms with Gasteiger partial charge in [0, 0.05) is 10.9 Å². The van der Waals surface area contributed by atoms with E-state index in [2.05, 4.69) is 5.32 Å². The van der Waals surface area contributed by atoms with Crippen LogP contribution in [-0.2, 0) is 9.53 Å². The van der Waals surface area contributed by atoms with E-state index in [9.17, 15) is 14.4 Å². The number of esters is 1. The highest BCUT2D eigenvalue weighted by Crippen LogP contribution is 2.31. The number of benzene rings is 2. The van der Waals surface area contributed by atoms with Crippen molar-refractivity contribution in [2.75, 3.05) is 0 Å². The van der Waals surface area contributed by atoms with Gasteiger partial charge in [-0.2, -0.15) is 0 Å². The van der Waals surface area contributed by atoms with Gasteiger partial charge < -0.3 is 19.2 Å². The number of hydrogen-bond donors (Lipinski definition) is 1. The molecular weight excluding hydrogens is 374 g/mol. The van der Waals surface area contributed by atoms with E-state index in [1.54, 1.807) is 52.0 Å². The van der Waals surface area contributed by atoms with Crippen LogP contribution in [0.25, 0.3) is 21.7 Å². The first-order valence-electron chi connectivity index (χ1n) is 9.23. The lowest BCUT2D eigenvalue weighted by molar-refractivity contribution is -0.136. The van der Waals surface area contributed by atoms with E-state index in [-0.39, 0.29) is 5.75 Å². The van der Waals surface area contributed by atoms with Crippen LogP contribution in [0, 0.1) is 6.92 Å². The third-order valence-corrected chi connectivity index (χ3v) is 4.29. The van der Waals surface area contributed by atoms with Gasteiger partial charge in [0.2, 0.25) is 0 Å². The van der Waals surface area contributed by atoms with Crippen LogP contribution in [-0.4, -0.2) is 23.7 Å². The highest BCUT2D eigenvalue weighted by Gasteiger charge is 2.23. The Morgan fingerprint density at radius 1 is 1.03 bits per heavy atom. The fourth-order valence-corrected chi connectivity index (χ4v) is 2.91. The molecule has 2 aromatic carbocycles. The first-order chi connectivity index (χ1) is 13.6. The molecular formula is C22H23NO6. The van der Waals surface area contributed by atoms with Crippen molar-refractivity contribution in [1.29, 1.82) is 0 Å². The van der Waals surface area contributed by atoms with Crippen LogP contribution in [0.5, 0.6) is 5.75 Å². The molecule has 7 heteroatoms. The van der Waals surface area contributed by atoms with Gasteiger partial charge in [-0.3, -0.25) is 0 Å². The lowest BCUT2D eigenvalue weighted by Crippen LogP contribution is -2.43. The molecule has 29 heavy (non-hydrogen) atoms. The summed E-state index contributed by atoms with van der Waals surface area (Å²) in [7, 11) is 0. The molecule has 0 aliphatic rings. The van der Waals surface area contributed by atoms with Crippen molar-refractivity contribution in [3.63, 3.8) is 0 Å². The van der Waals surface area contributed by atoms with E-state index in [0.717, 1.165) is 10.8 Å². The van der Waals surface area contributed by atoms with E-state index < -0.39 is 29.3 Å². The summed E-state index contributed by atoms with van der Waals surface area (Å²) in [5.74, 6) is -0.416. The minimum Gasteiger partial charge on any atom is -0.444 e. The number of aryl methyl sites for hydroxylation is 1. The lowest BCUT2D eigenvalue weighted by atomic mass is 10.0. The van der Waals surface area contributed by atoms with Gasteiger partial charge in [0.25, 0.3) is 0 Å². The minimum absolute atomic E-state index is 0.249. The quantitative estimate of drug-likeness (QED) is 0.310. The van der Waals surface area contributed by atoms with Crippen molar-refractivity contribution in [1.82, 2.24) is 5.32 Å². The van der Waals surface area contributed by atoms with Crippen LogP contribution in [0.2, 0.25) is 0 Å². The molecule has 0 saturated carbocycles. The molecule has 0 saturated heterocycles. The van der Waals surface area contributed by atoms with Gasteiger partial charge in [0.15, 0.2) is 0 Å². The summed E-state index contributed by atoms with van der Waals surface area (Å²) in [4.78, 5) is 36.5. The predicted molar refractivity (Wildman–Crippen MR) is 109 cm³/mol. The molecule has 3 rings (SSSR count). The normalized spacial score (nSPS) is 12.6. The monoisotopic (exact) mass is 397 g/mol. The summed E-state index contributed by atoms with van der Waals surface area (Å²) >= 11 is 0. The van der Waals surface area contributed by atoms with Gasteiger partial charge in [-0.25, -0.2) is 14.4 Å². The summed E-state index contributed by atoms with van der Waals surface area (Å²) in [6.07, 6.45) is -0.713. The number of amides is 1. The van der Waals surface area contributed by atoms with Crippen LogP contribution in [0.15, 0.2) is 45.6 Å². The van der Waals surface area contributed by atoms with Crippen molar-refractivity contribution >= 4 is 33.8 Å². The lowest BCUT2D eigenvalue weighted by Gasteiger charge is -2.21. The molecule has 7 nitrogen and oxygen atoms in total. The van der Waals surface area contributed by atoms with Crippen LogP contribution in [0.4, 0.5) is 4.79 Å². The third-order valence-electron chi connectivity index (χ3n) is 4.29. The summed E-state index contributed by atoms with van der Waals surface area (Å²) in [5, 5.41) is 4.43. The first kappa shape index (κ1) is 20.4. The van der Waals surface area contributed by atoms with Crippen molar-refractivity contribution in [3.05, 3.63) is 52.4 Å². The molecule has 1 heterocycles. The Kier molecular flexibility index (Phi) is 5.33.